The molecule has 0 spiro atoms. The summed E-state index contributed by atoms with van der Waals surface area (Å²) in [6.07, 6.45) is 0. The minimum atomic E-state index is -1.24. The minimum Gasteiger partial charge on any atom is -0.478 e. The van der Waals surface area contributed by atoms with E-state index in [4.69, 9.17) is 16.7 Å². The van der Waals surface area contributed by atoms with Crippen LogP contribution in [0.4, 0.5) is 21.5 Å². The minimum absolute atomic E-state index is 0.0294. The molecule has 0 saturated heterocycles. The highest BCUT2D eigenvalue weighted by Crippen LogP contribution is 2.31. The fourth-order valence-corrected chi connectivity index (χ4v) is 1.92. The van der Waals surface area contributed by atoms with Crippen LogP contribution in [0.2, 0.25) is 5.02 Å². The van der Waals surface area contributed by atoms with Crippen LogP contribution in [0.3, 0.4) is 0 Å². The number of benzene rings is 2. The summed E-state index contributed by atoms with van der Waals surface area (Å²) >= 11 is 5.72. The average molecular weight is 311 g/mol. The van der Waals surface area contributed by atoms with Gasteiger partial charge >= 0.3 is 11.7 Å². The Morgan fingerprint density at radius 1 is 1.33 bits per heavy atom. The molecule has 0 radical (unpaired) electrons. The monoisotopic (exact) mass is 310 g/mol. The first kappa shape index (κ1) is 14.7. The standard InChI is InChI=1S/C13H8ClFN2O4/c14-9-5-4-7(6-8(9)13(18)19)16-11-3-1-2-10(15)12(11)17(20)21/h1-6,16H,(H,18,19). The lowest BCUT2D eigenvalue weighted by Crippen LogP contribution is -2.02. The summed E-state index contributed by atoms with van der Waals surface area (Å²) in [5.74, 6) is -2.23. The van der Waals surface area contributed by atoms with Crippen molar-refractivity contribution in [3.63, 3.8) is 0 Å². The largest absolute Gasteiger partial charge is 0.478 e. The van der Waals surface area contributed by atoms with Crippen molar-refractivity contribution in [3.05, 3.63) is 62.9 Å². The van der Waals surface area contributed by atoms with Crippen molar-refractivity contribution in [1.29, 1.82) is 0 Å². The number of aromatic carboxylic acids is 1. The number of carboxylic acid groups (broad SMARTS) is 1. The van der Waals surface area contributed by atoms with Gasteiger partial charge in [-0.1, -0.05) is 17.7 Å². The van der Waals surface area contributed by atoms with Gasteiger partial charge in [-0.25, -0.2) is 4.79 Å². The Morgan fingerprint density at radius 2 is 2.05 bits per heavy atom. The lowest BCUT2D eigenvalue weighted by atomic mass is 10.2. The topological polar surface area (TPSA) is 92.5 Å². The van der Waals surface area contributed by atoms with Crippen LogP contribution < -0.4 is 5.32 Å². The molecule has 0 heterocycles. The number of rotatable bonds is 4. The number of carboxylic acids is 1. The quantitative estimate of drug-likeness (QED) is 0.661. The van der Waals surface area contributed by atoms with Crippen LogP contribution in [-0.2, 0) is 0 Å². The molecule has 0 aromatic heterocycles. The molecule has 2 rings (SSSR count). The maximum Gasteiger partial charge on any atom is 0.337 e. The van der Waals surface area contributed by atoms with Gasteiger partial charge in [0.2, 0.25) is 5.82 Å². The van der Waals surface area contributed by atoms with Crippen molar-refractivity contribution in [2.75, 3.05) is 5.32 Å². The summed E-state index contributed by atoms with van der Waals surface area (Å²) in [5, 5.41) is 22.5. The number of nitro groups is 1. The van der Waals surface area contributed by atoms with Crippen molar-refractivity contribution < 1.29 is 19.2 Å². The Hall–Kier alpha value is -2.67. The molecule has 0 saturated carbocycles. The van der Waals surface area contributed by atoms with E-state index in [1.54, 1.807) is 0 Å². The van der Waals surface area contributed by atoms with Gasteiger partial charge in [0.05, 0.1) is 15.5 Å². The van der Waals surface area contributed by atoms with E-state index >= 15 is 0 Å². The zero-order valence-corrected chi connectivity index (χ0v) is 11.1. The molecule has 108 valence electrons. The number of nitrogens with zero attached hydrogens (tertiary/aromatic N) is 1. The molecule has 0 amide bonds. The van der Waals surface area contributed by atoms with Gasteiger partial charge in [0.25, 0.3) is 0 Å². The number of para-hydroxylation sites is 1. The fraction of sp³-hybridized carbons (Fsp3) is 0. The second kappa shape index (κ2) is 5.76. The predicted octanol–water partition coefficient (Wildman–Crippen LogP) is 3.83. The summed E-state index contributed by atoms with van der Waals surface area (Å²) in [7, 11) is 0. The van der Waals surface area contributed by atoms with E-state index < -0.39 is 22.4 Å². The first-order chi connectivity index (χ1) is 9.90. The van der Waals surface area contributed by atoms with E-state index in [1.807, 2.05) is 0 Å². The van der Waals surface area contributed by atoms with Crippen molar-refractivity contribution in [2.24, 2.45) is 0 Å². The second-order valence-corrected chi connectivity index (χ2v) is 4.43. The molecular weight excluding hydrogens is 303 g/mol. The van der Waals surface area contributed by atoms with E-state index in [2.05, 4.69) is 5.32 Å². The van der Waals surface area contributed by atoms with Crippen molar-refractivity contribution in [2.45, 2.75) is 0 Å². The number of anilines is 2. The highest BCUT2D eigenvalue weighted by molar-refractivity contribution is 6.33. The Bertz CT molecular complexity index is 736. The Morgan fingerprint density at radius 3 is 2.67 bits per heavy atom. The fourth-order valence-electron chi connectivity index (χ4n) is 1.72. The molecule has 2 aromatic rings. The molecule has 6 nitrogen and oxygen atoms in total. The van der Waals surface area contributed by atoms with Crippen LogP contribution in [0.5, 0.6) is 0 Å². The van der Waals surface area contributed by atoms with E-state index in [-0.39, 0.29) is 22.0 Å². The summed E-state index contributed by atoms with van der Waals surface area (Å²) < 4.78 is 13.5. The molecule has 0 aliphatic rings. The smallest absolute Gasteiger partial charge is 0.337 e. The summed E-state index contributed by atoms with van der Waals surface area (Å²) in [6, 6.07) is 7.56. The van der Waals surface area contributed by atoms with Gasteiger partial charge in [-0.3, -0.25) is 10.1 Å². The van der Waals surface area contributed by atoms with Crippen LogP contribution in [-0.4, -0.2) is 16.0 Å². The van der Waals surface area contributed by atoms with Gasteiger partial charge < -0.3 is 10.4 Å². The van der Waals surface area contributed by atoms with Crippen LogP contribution in [0.15, 0.2) is 36.4 Å². The van der Waals surface area contributed by atoms with Crippen LogP contribution in [0, 0.1) is 15.9 Å². The highest BCUT2D eigenvalue weighted by Gasteiger charge is 2.20. The summed E-state index contributed by atoms with van der Waals surface area (Å²) in [4.78, 5) is 21.0. The van der Waals surface area contributed by atoms with Gasteiger partial charge in [-0.15, -0.1) is 0 Å². The van der Waals surface area contributed by atoms with Crippen molar-refractivity contribution >= 4 is 34.6 Å². The third-order valence-electron chi connectivity index (χ3n) is 2.65. The molecule has 0 fully saturated rings. The van der Waals surface area contributed by atoms with E-state index in [0.717, 1.165) is 6.07 Å². The zero-order chi connectivity index (χ0) is 15.6. The van der Waals surface area contributed by atoms with E-state index in [9.17, 15) is 19.3 Å². The number of hydrogen-bond donors (Lipinski definition) is 2. The average Bonchev–Trinajstić information content (AvgIpc) is 2.40. The number of halogens is 2. The lowest BCUT2D eigenvalue weighted by molar-refractivity contribution is -0.386. The lowest BCUT2D eigenvalue weighted by Gasteiger charge is -2.09. The first-order valence-corrected chi connectivity index (χ1v) is 6.00. The van der Waals surface area contributed by atoms with Gasteiger partial charge in [0, 0.05) is 5.69 Å². The molecule has 0 atom stereocenters. The normalized spacial score (nSPS) is 10.2. The number of carbonyl (C=O) groups is 1. The molecule has 0 unspecified atom stereocenters. The van der Waals surface area contributed by atoms with Gasteiger partial charge in [-0.05, 0) is 30.3 Å². The van der Waals surface area contributed by atoms with E-state index in [0.29, 0.717) is 0 Å². The molecular formula is C13H8ClFN2O4. The van der Waals surface area contributed by atoms with Gasteiger partial charge in [0.15, 0.2) is 0 Å². The van der Waals surface area contributed by atoms with Crippen LogP contribution in [0.25, 0.3) is 0 Å². The molecule has 8 heteroatoms. The zero-order valence-electron chi connectivity index (χ0n) is 10.3. The molecule has 21 heavy (non-hydrogen) atoms. The van der Waals surface area contributed by atoms with Gasteiger partial charge in [-0.2, -0.15) is 4.39 Å². The highest BCUT2D eigenvalue weighted by atomic mass is 35.5. The van der Waals surface area contributed by atoms with Crippen LogP contribution >= 0.6 is 11.6 Å². The third kappa shape index (κ3) is 3.09. The maximum atomic E-state index is 13.5. The molecule has 2 aromatic carbocycles. The van der Waals surface area contributed by atoms with Crippen molar-refractivity contribution in [3.8, 4) is 0 Å². The number of hydrogen-bond acceptors (Lipinski definition) is 4. The molecule has 0 aliphatic heterocycles. The Balaban J connectivity index is 2.44. The molecule has 0 aliphatic carbocycles. The Labute approximate surface area is 122 Å². The SMILES string of the molecule is O=C(O)c1cc(Nc2cccc(F)c2[N+](=O)[O-])ccc1Cl. The van der Waals surface area contributed by atoms with E-state index in [1.165, 1.54) is 30.3 Å². The first-order valence-electron chi connectivity index (χ1n) is 5.63. The molecule has 0 bridgehead atoms. The van der Waals surface area contributed by atoms with Crippen molar-refractivity contribution in [1.82, 2.24) is 0 Å². The molecule has 2 N–H and O–H groups in total. The number of nitrogens with one attached hydrogen (secondary N) is 1. The maximum absolute atomic E-state index is 13.5. The van der Waals surface area contributed by atoms with Crippen LogP contribution in [0.1, 0.15) is 10.4 Å². The predicted molar refractivity (Wildman–Crippen MR) is 74.7 cm³/mol. The van der Waals surface area contributed by atoms with Gasteiger partial charge in [0.1, 0.15) is 5.69 Å². The summed E-state index contributed by atoms with van der Waals surface area (Å²) in [5.41, 5.74) is -0.728. The number of nitro benzene ring substituents is 1. The second-order valence-electron chi connectivity index (χ2n) is 4.02. The third-order valence-corrected chi connectivity index (χ3v) is 2.97. The summed E-state index contributed by atoms with van der Waals surface area (Å²) in [6.45, 7) is 0. The Kier molecular flexibility index (Phi) is 4.04.